The molecule has 0 fully saturated rings. The monoisotopic (exact) mass is 489 g/mol. The van der Waals surface area contributed by atoms with Crippen molar-refractivity contribution in [1.29, 1.82) is 0 Å². The van der Waals surface area contributed by atoms with E-state index in [1.54, 1.807) is 0 Å². The van der Waals surface area contributed by atoms with Crippen LogP contribution in [0.25, 0.3) is 0 Å². The third-order valence-electron chi connectivity index (χ3n) is 0. The third-order valence-corrected chi connectivity index (χ3v) is 0. The molecule has 19 heavy (non-hydrogen) atoms. The smallest absolute Gasteiger partial charge is 0.822 e. The molecule has 19 heteroatoms. The molecule has 12 nitrogen and oxygen atoms in total. The van der Waals surface area contributed by atoms with Crippen LogP contribution in [0.1, 0.15) is 0 Å². The Morgan fingerprint density at radius 3 is 0.421 bits per heavy atom. The fourth-order valence-corrected chi connectivity index (χ4v) is 0. The van der Waals surface area contributed by atoms with Crippen molar-refractivity contribution in [2.75, 3.05) is 0 Å². The van der Waals surface area contributed by atoms with E-state index in [1.165, 1.54) is 0 Å². The van der Waals surface area contributed by atoms with Gasteiger partial charge >= 0.3 is 67.7 Å². The minimum atomic E-state index is -5.39. The van der Waals surface area contributed by atoms with Crippen LogP contribution in [0.15, 0.2) is 0 Å². The van der Waals surface area contributed by atoms with Crippen molar-refractivity contribution in [3.63, 3.8) is 0 Å². The van der Waals surface area contributed by atoms with Crippen LogP contribution in [0.4, 0.5) is 0 Å². The van der Waals surface area contributed by atoms with E-state index in [-0.39, 0.29) is 67.7 Å². The largest absolute Gasteiger partial charge is 3.00 e. The molecule has 0 aromatic carbocycles. The molecule has 0 amide bonds. The molecule has 0 aliphatic heterocycles. The van der Waals surface area contributed by atoms with Gasteiger partial charge in [-0.15, -0.1) is 0 Å². The topological polar surface area (TPSA) is 259 Å². The Morgan fingerprint density at radius 2 is 0.421 bits per heavy atom. The summed E-state index contributed by atoms with van der Waals surface area (Å²) in [6, 6.07) is 0. The molecular formula is AlCo3O12P3. The molecule has 3 radical (unpaired) electrons. The van der Waals surface area contributed by atoms with Gasteiger partial charge in [0, 0.05) is 0 Å². The molecule has 117 valence electrons. The van der Waals surface area contributed by atoms with Crippen LogP contribution in [-0.4, -0.2) is 17.4 Å². The Hall–Kier alpha value is 2.38. The summed E-state index contributed by atoms with van der Waals surface area (Å²) >= 11 is 0. The van der Waals surface area contributed by atoms with Crippen LogP contribution >= 0.6 is 23.5 Å². The van der Waals surface area contributed by atoms with E-state index in [0.29, 0.717) is 0 Å². The van der Waals surface area contributed by atoms with E-state index in [4.69, 9.17) is 57.7 Å². The molecule has 0 aliphatic carbocycles. The Balaban J connectivity index is -0.0000000206. The standard InChI is InChI=1S/Al.3Co.3H3O4P/c;;;;3*1-5(2,3)4/h;;;;3*(H3,1,2,3,4)/q+3;3*+2;;;/p-9. The van der Waals surface area contributed by atoms with Gasteiger partial charge in [0.2, 0.25) is 0 Å². The van der Waals surface area contributed by atoms with Crippen LogP contribution in [0.3, 0.4) is 0 Å². The molecule has 0 bridgehead atoms. The minimum absolute atomic E-state index is 0. The number of hydrogen-bond acceptors (Lipinski definition) is 12. The number of rotatable bonds is 0. The summed E-state index contributed by atoms with van der Waals surface area (Å²) in [6.45, 7) is 0. The van der Waals surface area contributed by atoms with Gasteiger partial charge in [-0.05, 0) is 0 Å². The summed E-state index contributed by atoms with van der Waals surface area (Å²) in [7, 11) is -16.2. The van der Waals surface area contributed by atoms with Gasteiger partial charge in [0.15, 0.2) is 0 Å². The molecule has 0 aromatic rings. The van der Waals surface area contributed by atoms with E-state index in [2.05, 4.69) is 0 Å². The molecule has 0 heterocycles. The second-order valence-electron chi connectivity index (χ2n) is 1.34. The van der Waals surface area contributed by atoms with Crippen LogP contribution in [0, 0.1) is 0 Å². The van der Waals surface area contributed by atoms with Gasteiger partial charge in [0.25, 0.3) is 0 Å². The summed E-state index contributed by atoms with van der Waals surface area (Å²) in [4.78, 5) is 76.9. The van der Waals surface area contributed by atoms with E-state index < -0.39 is 23.5 Å². The van der Waals surface area contributed by atoms with E-state index >= 15 is 0 Å². The summed E-state index contributed by atoms with van der Waals surface area (Å²) in [5, 5.41) is 0. The molecule has 0 N–H and O–H groups in total. The van der Waals surface area contributed by atoms with Gasteiger partial charge in [-0.3, -0.25) is 0 Å². The first-order chi connectivity index (χ1) is 6.00. The zero-order valence-corrected chi connectivity index (χ0v) is 14.8. The number of hydrogen-bond donors (Lipinski definition) is 0. The first-order valence-electron chi connectivity index (χ1n) is 2.19. The van der Waals surface area contributed by atoms with Crippen LogP contribution in [0.5, 0.6) is 0 Å². The maximum atomic E-state index is 8.55. The molecule has 0 aromatic heterocycles. The van der Waals surface area contributed by atoms with Crippen molar-refractivity contribution in [3.05, 3.63) is 0 Å². The van der Waals surface area contributed by atoms with Crippen molar-refractivity contribution >= 4 is 40.8 Å². The SMILES string of the molecule is O=P([O-])([O-])[O-].O=P([O-])([O-])[O-].O=P([O-])([O-])[O-].[Al+3].[Co+2].[Co+2].[Co+2]. The Bertz CT molecular complexity index is 214. The van der Waals surface area contributed by atoms with E-state index in [1.807, 2.05) is 0 Å². The Kier molecular flexibility index (Phi) is 41.7. The van der Waals surface area contributed by atoms with Crippen molar-refractivity contribution in [2.45, 2.75) is 0 Å². The van der Waals surface area contributed by atoms with E-state index in [0.717, 1.165) is 0 Å². The second kappa shape index (κ2) is 18.4. The first-order valence-corrected chi connectivity index (χ1v) is 6.57. The van der Waals surface area contributed by atoms with Gasteiger partial charge in [-0.25, -0.2) is 0 Å². The maximum absolute atomic E-state index is 8.55. The molecule has 0 atom stereocenters. The summed E-state index contributed by atoms with van der Waals surface area (Å²) in [6.07, 6.45) is 0. The van der Waals surface area contributed by atoms with Gasteiger partial charge in [0.1, 0.15) is 0 Å². The average Bonchev–Trinajstić information content (AvgIpc) is 1.41. The molecule has 0 rings (SSSR count). The van der Waals surface area contributed by atoms with Gasteiger partial charge in [0.05, 0.1) is 0 Å². The zero-order chi connectivity index (χ0) is 13.5. The second-order valence-corrected chi connectivity index (χ2v) is 4.02. The van der Waals surface area contributed by atoms with E-state index in [9.17, 15) is 0 Å². The summed E-state index contributed by atoms with van der Waals surface area (Å²) < 4.78 is 25.6. The van der Waals surface area contributed by atoms with Gasteiger partial charge in [-0.2, -0.15) is 23.5 Å². The van der Waals surface area contributed by atoms with Crippen LogP contribution in [0.2, 0.25) is 0 Å². The van der Waals surface area contributed by atoms with Crippen molar-refractivity contribution < 1.29 is 108 Å². The fourth-order valence-electron chi connectivity index (χ4n) is 0. The molecule has 0 aliphatic rings. The number of phosphoric acid groups is 3. The van der Waals surface area contributed by atoms with Crippen LogP contribution in [-0.2, 0) is 64.0 Å². The van der Waals surface area contributed by atoms with Crippen LogP contribution < -0.4 is 44.0 Å². The fraction of sp³-hybridized carbons (Fsp3) is 0. The quantitative estimate of drug-likeness (QED) is 0.227. The van der Waals surface area contributed by atoms with Gasteiger partial charge < -0.3 is 57.7 Å². The summed E-state index contributed by atoms with van der Waals surface area (Å²) in [5.41, 5.74) is 0. The molecular weight excluding hydrogens is 489 g/mol. The van der Waals surface area contributed by atoms with Crippen molar-refractivity contribution in [2.24, 2.45) is 0 Å². The Labute approximate surface area is 148 Å². The molecule has 0 unspecified atom stereocenters. The predicted octanol–water partition coefficient (Wildman–Crippen LogP) is -8.86. The normalized spacial score (nSPS) is 9.32. The van der Waals surface area contributed by atoms with Gasteiger partial charge in [-0.1, -0.05) is 0 Å². The summed E-state index contributed by atoms with van der Waals surface area (Å²) in [5.74, 6) is 0. The predicted molar refractivity (Wildman–Crippen MR) is 28.6 cm³/mol. The third kappa shape index (κ3) is 1210. The zero-order valence-electron chi connectivity index (χ0n) is 7.82. The molecule has 0 saturated heterocycles. The van der Waals surface area contributed by atoms with Crippen molar-refractivity contribution in [3.8, 4) is 0 Å². The molecule has 0 spiro atoms. The Morgan fingerprint density at radius 1 is 0.421 bits per heavy atom. The maximum Gasteiger partial charge on any atom is 3.00 e. The minimum Gasteiger partial charge on any atom is -0.822 e. The first kappa shape index (κ1) is 42.9. The molecule has 0 saturated carbocycles. The van der Waals surface area contributed by atoms with Crippen molar-refractivity contribution in [1.82, 2.24) is 0 Å². The average molecular weight is 489 g/mol.